The number of hydrogen-bond donors (Lipinski definition) is 2. The highest BCUT2D eigenvalue weighted by Crippen LogP contribution is 2.35. The zero-order chi connectivity index (χ0) is 20.6. The number of aromatic carboxylic acids is 1. The summed E-state index contributed by atoms with van der Waals surface area (Å²) in [7, 11) is -3.96. The molecule has 2 fully saturated rings. The molecule has 29 heavy (non-hydrogen) atoms. The van der Waals surface area contributed by atoms with E-state index in [2.05, 4.69) is 5.32 Å². The molecule has 0 aromatic heterocycles. The minimum Gasteiger partial charge on any atom is -0.478 e. The molecule has 1 saturated carbocycles. The Morgan fingerprint density at radius 1 is 1.14 bits per heavy atom. The van der Waals surface area contributed by atoms with Crippen molar-refractivity contribution in [3.63, 3.8) is 0 Å². The van der Waals surface area contributed by atoms with E-state index in [0.29, 0.717) is 12.8 Å². The van der Waals surface area contributed by atoms with Crippen LogP contribution in [0.5, 0.6) is 0 Å². The summed E-state index contributed by atoms with van der Waals surface area (Å²) in [5.74, 6) is -0.367. The van der Waals surface area contributed by atoms with Crippen LogP contribution in [0, 0.1) is 5.92 Å². The smallest absolute Gasteiger partial charge is 0.337 e. The van der Waals surface area contributed by atoms with Crippen molar-refractivity contribution in [2.45, 2.75) is 55.4 Å². The summed E-state index contributed by atoms with van der Waals surface area (Å²) in [6, 6.07) is 5.60. The minimum atomic E-state index is -3.96. The van der Waals surface area contributed by atoms with Gasteiger partial charge in [-0.15, -0.1) is 0 Å². The second-order valence-corrected chi connectivity index (χ2v) is 9.93. The molecule has 1 aromatic carbocycles. The molecule has 1 spiro atoms. The lowest BCUT2D eigenvalue weighted by Crippen LogP contribution is -2.50. The molecule has 0 unspecified atom stereocenters. The number of carbonyl (C=O) groups is 2. The summed E-state index contributed by atoms with van der Waals surface area (Å²) in [4.78, 5) is 28.7. The number of rotatable bonds is 4. The Bertz CT molecular complexity index is 958. The molecule has 9 heteroatoms. The van der Waals surface area contributed by atoms with Crippen LogP contribution >= 0.6 is 0 Å². The van der Waals surface area contributed by atoms with E-state index in [1.165, 1.54) is 35.0 Å². The number of hydrogen-bond acceptors (Lipinski definition) is 5. The number of amides is 1. The van der Waals surface area contributed by atoms with Crippen LogP contribution < -0.4 is 5.32 Å². The van der Waals surface area contributed by atoms with Crippen LogP contribution in [-0.2, 0) is 14.8 Å². The zero-order valence-corrected chi connectivity index (χ0v) is 17.0. The third-order valence-corrected chi connectivity index (χ3v) is 8.23. The van der Waals surface area contributed by atoms with Crippen molar-refractivity contribution < 1.29 is 23.1 Å². The van der Waals surface area contributed by atoms with Gasteiger partial charge in [0.1, 0.15) is 11.4 Å². The number of nitrogens with one attached hydrogen (secondary N) is 1. The zero-order valence-electron chi connectivity index (χ0n) is 16.1. The Labute approximate surface area is 170 Å². The van der Waals surface area contributed by atoms with Crippen molar-refractivity contribution in [2.75, 3.05) is 13.1 Å². The van der Waals surface area contributed by atoms with E-state index >= 15 is 0 Å². The van der Waals surface area contributed by atoms with Crippen molar-refractivity contribution >= 4 is 27.7 Å². The molecule has 3 aliphatic rings. The quantitative estimate of drug-likeness (QED) is 0.774. The number of aliphatic imine (C=N–C) groups is 1. The molecule has 0 atom stereocenters. The molecular formula is C20H25N3O5S. The maximum absolute atomic E-state index is 13.0. The number of carboxylic acids is 1. The molecule has 1 amide bonds. The predicted molar refractivity (Wildman–Crippen MR) is 106 cm³/mol. The molecule has 2 N–H and O–H groups in total. The van der Waals surface area contributed by atoms with Gasteiger partial charge in [0.15, 0.2) is 0 Å². The third-order valence-electron chi connectivity index (χ3n) is 6.28. The Morgan fingerprint density at radius 2 is 1.79 bits per heavy atom. The van der Waals surface area contributed by atoms with Gasteiger partial charge in [-0.1, -0.05) is 31.4 Å². The monoisotopic (exact) mass is 419 g/mol. The fraction of sp³-hybridized carbons (Fsp3) is 0.550. The number of sulfonamides is 1. The molecule has 0 bridgehead atoms. The predicted octanol–water partition coefficient (Wildman–Crippen LogP) is 2.02. The first kappa shape index (κ1) is 20.0. The maximum Gasteiger partial charge on any atom is 0.337 e. The van der Waals surface area contributed by atoms with Gasteiger partial charge in [0.25, 0.3) is 5.91 Å². The summed E-state index contributed by atoms with van der Waals surface area (Å²) >= 11 is 0. The van der Waals surface area contributed by atoms with Crippen LogP contribution in [0.15, 0.2) is 34.2 Å². The number of amidine groups is 1. The van der Waals surface area contributed by atoms with Crippen molar-refractivity contribution in [3.05, 3.63) is 29.8 Å². The SMILES string of the molecule is O=C(O)c1ccccc1S(=O)(=O)N1CCC2(CC1)N=C(C1CCCCC1)NC2=O. The van der Waals surface area contributed by atoms with Gasteiger partial charge in [-0.25, -0.2) is 13.2 Å². The molecular weight excluding hydrogens is 394 g/mol. The van der Waals surface area contributed by atoms with E-state index in [1.54, 1.807) is 0 Å². The molecule has 1 aromatic rings. The summed E-state index contributed by atoms with van der Waals surface area (Å²) < 4.78 is 27.3. The molecule has 4 rings (SSSR count). The molecule has 0 radical (unpaired) electrons. The van der Waals surface area contributed by atoms with E-state index < -0.39 is 21.5 Å². The van der Waals surface area contributed by atoms with Crippen LogP contribution in [0.25, 0.3) is 0 Å². The van der Waals surface area contributed by atoms with Crippen molar-refractivity contribution in [3.8, 4) is 0 Å². The Kier molecular flexibility index (Phi) is 5.20. The van der Waals surface area contributed by atoms with Crippen LogP contribution in [0.3, 0.4) is 0 Å². The van der Waals surface area contributed by atoms with Gasteiger partial charge in [0.05, 0.1) is 10.5 Å². The van der Waals surface area contributed by atoms with Gasteiger partial charge < -0.3 is 10.4 Å². The van der Waals surface area contributed by atoms with Crippen molar-refractivity contribution in [1.82, 2.24) is 9.62 Å². The van der Waals surface area contributed by atoms with Crippen LogP contribution in [-0.4, -0.2) is 54.2 Å². The number of carboxylic acid groups (broad SMARTS) is 1. The largest absolute Gasteiger partial charge is 0.478 e. The minimum absolute atomic E-state index is 0.130. The van der Waals surface area contributed by atoms with Gasteiger partial charge in [-0.05, 0) is 37.8 Å². The summed E-state index contributed by atoms with van der Waals surface area (Å²) in [5, 5.41) is 12.3. The van der Waals surface area contributed by atoms with Gasteiger partial charge in [0.2, 0.25) is 10.0 Å². The van der Waals surface area contributed by atoms with Gasteiger partial charge in [0, 0.05) is 19.0 Å². The highest BCUT2D eigenvalue weighted by molar-refractivity contribution is 7.89. The summed E-state index contributed by atoms with van der Waals surface area (Å²) in [5.41, 5.74) is -1.14. The standard InChI is InChI=1S/C20H25N3O5S/c24-18(25)15-8-4-5-9-16(15)29(27,28)23-12-10-20(11-13-23)19(26)21-17(22-20)14-6-2-1-3-7-14/h4-5,8-9,14H,1-3,6-7,10-13H2,(H,24,25)(H,21,22,26). The van der Waals surface area contributed by atoms with Crippen LogP contribution in [0.4, 0.5) is 0 Å². The van der Waals surface area contributed by atoms with E-state index in [9.17, 15) is 23.1 Å². The summed E-state index contributed by atoms with van der Waals surface area (Å²) in [6.45, 7) is 0.260. The maximum atomic E-state index is 13.0. The Hall–Kier alpha value is -2.26. The van der Waals surface area contributed by atoms with Crippen molar-refractivity contribution in [2.24, 2.45) is 10.9 Å². The molecule has 1 saturated heterocycles. The summed E-state index contributed by atoms with van der Waals surface area (Å²) in [6.07, 6.45) is 6.15. The fourth-order valence-corrected chi connectivity index (χ4v) is 6.18. The van der Waals surface area contributed by atoms with E-state index in [-0.39, 0.29) is 35.4 Å². The molecule has 2 aliphatic heterocycles. The number of nitrogens with zero attached hydrogens (tertiary/aromatic N) is 2. The topological polar surface area (TPSA) is 116 Å². The second-order valence-electron chi connectivity index (χ2n) is 8.02. The average Bonchev–Trinajstić information content (AvgIpc) is 3.05. The first-order valence-electron chi connectivity index (χ1n) is 10.1. The molecule has 1 aliphatic carbocycles. The molecule has 2 heterocycles. The fourth-order valence-electron chi connectivity index (χ4n) is 4.55. The van der Waals surface area contributed by atoms with Gasteiger partial charge >= 0.3 is 5.97 Å². The third kappa shape index (κ3) is 3.57. The lowest BCUT2D eigenvalue weighted by Gasteiger charge is -2.34. The van der Waals surface area contributed by atoms with Gasteiger partial charge in [-0.2, -0.15) is 4.31 Å². The van der Waals surface area contributed by atoms with Crippen LogP contribution in [0.1, 0.15) is 55.3 Å². The number of carbonyl (C=O) groups excluding carboxylic acids is 1. The second kappa shape index (κ2) is 7.53. The molecule has 8 nitrogen and oxygen atoms in total. The van der Waals surface area contributed by atoms with Gasteiger partial charge in [-0.3, -0.25) is 9.79 Å². The highest BCUT2D eigenvalue weighted by atomic mass is 32.2. The molecule has 156 valence electrons. The lowest BCUT2D eigenvalue weighted by atomic mass is 9.88. The Morgan fingerprint density at radius 3 is 2.45 bits per heavy atom. The van der Waals surface area contributed by atoms with E-state index in [4.69, 9.17) is 4.99 Å². The van der Waals surface area contributed by atoms with Crippen molar-refractivity contribution in [1.29, 1.82) is 0 Å². The first-order chi connectivity index (χ1) is 13.8. The van der Waals surface area contributed by atoms with E-state index in [1.807, 2.05) is 0 Å². The highest BCUT2D eigenvalue weighted by Gasteiger charge is 2.48. The number of benzene rings is 1. The lowest BCUT2D eigenvalue weighted by molar-refractivity contribution is -0.125. The Balaban J connectivity index is 1.53. The van der Waals surface area contributed by atoms with E-state index in [0.717, 1.165) is 31.5 Å². The number of piperidine rings is 1. The average molecular weight is 420 g/mol. The normalized spacial score (nSPS) is 23.0. The first-order valence-corrected chi connectivity index (χ1v) is 11.5. The van der Waals surface area contributed by atoms with Crippen LogP contribution in [0.2, 0.25) is 0 Å².